The minimum atomic E-state index is -3.66. The average Bonchev–Trinajstić information content (AvgIpc) is 2.35. The summed E-state index contributed by atoms with van der Waals surface area (Å²) < 4.78 is 47.4. The van der Waals surface area contributed by atoms with E-state index in [4.69, 9.17) is 0 Å². The van der Waals surface area contributed by atoms with E-state index in [2.05, 4.69) is 0 Å². The minimum Gasteiger partial charge on any atom is -0.508 e. The van der Waals surface area contributed by atoms with Gasteiger partial charge in [-0.1, -0.05) is 12.1 Å². The molecular weight excluding hydrogens is 302 g/mol. The van der Waals surface area contributed by atoms with Crippen molar-refractivity contribution in [2.75, 3.05) is 24.8 Å². The van der Waals surface area contributed by atoms with Crippen LogP contribution < -0.4 is 0 Å². The Bertz CT molecular complexity index is 650. The van der Waals surface area contributed by atoms with Gasteiger partial charge in [-0.2, -0.15) is 4.31 Å². The van der Waals surface area contributed by atoms with Gasteiger partial charge in [0.05, 0.1) is 11.5 Å². The Morgan fingerprint density at radius 2 is 1.60 bits per heavy atom. The summed E-state index contributed by atoms with van der Waals surface area (Å²) in [5, 5.41) is 9.21. The second-order valence-electron chi connectivity index (χ2n) is 4.73. The molecule has 0 saturated carbocycles. The van der Waals surface area contributed by atoms with E-state index in [1.165, 1.54) is 19.2 Å². The Labute approximate surface area is 120 Å². The quantitative estimate of drug-likeness (QED) is 0.835. The highest BCUT2D eigenvalue weighted by molar-refractivity contribution is 7.93. The Hall–Kier alpha value is -1.12. The summed E-state index contributed by atoms with van der Waals surface area (Å²) in [6, 6.07) is 5.76. The Kier molecular flexibility index (Phi) is 5.17. The van der Waals surface area contributed by atoms with Crippen LogP contribution in [0.3, 0.4) is 0 Å². The molecule has 20 heavy (non-hydrogen) atoms. The predicted octanol–water partition coefficient (Wildman–Crippen LogP) is 0.759. The van der Waals surface area contributed by atoms with Crippen LogP contribution >= 0.6 is 0 Å². The molecule has 1 atom stereocenters. The van der Waals surface area contributed by atoms with Gasteiger partial charge in [0.15, 0.2) is 0 Å². The maximum atomic E-state index is 12.1. The van der Waals surface area contributed by atoms with Gasteiger partial charge in [-0.25, -0.2) is 16.8 Å². The number of benzene rings is 1. The monoisotopic (exact) mass is 321 g/mol. The fourth-order valence-electron chi connectivity index (χ4n) is 1.60. The molecule has 1 rings (SSSR count). The second kappa shape index (κ2) is 6.11. The number of sulfone groups is 1. The van der Waals surface area contributed by atoms with E-state index in [1.54, 1.807) is 19.1 Å². The lowest BCUT2D eigenvalue weighted by Crippen LogP contribution is -2.33. The van der Waals surface area contributed by atoms with Crippen LogP contribution in [0.15, 0.2) is 24.3 Å². The van der Waals surface area contributed by atoms with Crippen LogP contribution in [0, 0.1) is 0 Å². The number of hydrogen-bond acceptors (Lipinski definition) is 5. The first-order valence-electron chi connectivity index (χ1n) is 5.95. The van der Waals surface area contributed by atoms with Gasteiger partial charge >= 0.3 is 0 Å². The molecular formula is C12H19NO5S2. The summed E-state index contributed by atoms with van der Waals surface area (Å²) in [6.07, 6.45) is 1.01. The maximum Gasteiger partial charge on any atom is 0.215 e. The maximum absolute atomic E-state index is 12.1. The van der Waals surface area contributed by atoms with Gasteiger partial charge in [-0.05, 0) is 24.6 Å². The highest BCUT2D eigenvalue weighted by Gasteiger charge is 2.25. The molecule has 1 N–H and O–H groups in total. The number of sulfonamides is 1. The number of hydrogen-bond donors (Lipinski definition) is 1. The summed E-state index contributed by atoms with van der Waals surface area (Å²) in [6.45, 7) is 1.70. The first-order valence-corrected chi connectivity index (χ1v) is 9.62. The molecule has 8 heteroatoms. The van der Waals surface area contributed by atoms with Crippen molar-refractivity contribution in [3.8, 4) is 5.75 Å². The molecule has 0 spiro atoms. The lowest BCUT2D eigenvalue weighted by Gasteiger charge is -2.24. The lowest BCUT2D eigenvalue weighted by molar-refractivity contribution is 0.398. The third kappa shape index (κ3) is 4.77. The molecule has 0 aliphatic carbocycles. The third-order valence-electron chi connectivity index (χ3n) is 3.07. The van der Waals surface area contributed by atoms with Crippen LogP contribution in [0.2, 0.25) is 0 Å². The molecule has 0 aromatic heterocycles. The van der Waals surface area contributed by atoms with Crippen LogP contribution in [0.1, 0.15) is 18.5 Å². The van der Waals surface area contributed by atoms with Gasteiger partial charge < -0.3 is 5.11 Å². The molecule has 0 aliphatic heterocycles. The lowest BCUT2D eigenvalue weighted by atomic mass is 10.1. The van der Waals surface area contributed by atoms with Crippen molar-refractivity contribution < 1.29 is 21.9 Å². The number of nitrogens with zero attached hydrogens (tertiary/aromatic N) is 1. The van der Waals surface area contributed by atoms with Crippen molar-refractivity contribution in [1.82, 2.24) is 4.31 Å². The molecule has 0 saturated heterocycles. The molecule has 1 aromatic rings. The van der Waals surface area contributed by atoms with E-state index in [0.717, 1.165) is 10.6 Å². The molecule has 0 radical (unpaired) electrons. The highest BCUT2D eigenvalue weighted by atomic mass is 32.2. The van der Waals surface area contributed by atoms with Gasteiger partial charge in [0.25, 0.3) is 0 Å². The van der Waals surface area contributed by atoms with Crippen LogP contribution in [0.4, 0.5) is 0 Å². The number of aromatic hydroxyl groups is 1. The molecule has 0 amide bonds. The molecule has 0 heterocycles. The van der Waals surface area contributed by atoms with Crippen molar-refractivity contribution in [3.63, 3.8) is 0 Å². The van der Waals surface area contributed by atoms with Gasteiger partial charge in [0.1, 0.15) is 15.6 Å². The number of phenolic OH excluding ortho intramolecular Hbond substituents is 1. The van der Waals surface area contributed by atoms with Crippen molar-refractivity contribution >= 4 is 19.9 Å². The molecule has 0 aliphatic rings. The van der Waals surface area contributed by atoms with Gasteiger partial charge in [-0.15, -0.1) is 0 Å². The average molecular weight is 321 g/mol. The fraction of sp³-hybridized carbons (Fsp3) is 0.500. The first-order chi connectivity index (χ1) is 9.03. The second-order valence-corrected chi connectivity index (χ2v) is 9.14. The van der Waals surface area contributed by atoms with Crippen LogP contribution in [-0.4, -0.2) is 51.1 Å². The van der Waals surface area contributed by atoms with E-state index >= 15 is 0 Å². The van der Waals surface area contributed by atoms with Crippen molar-refractivity contribution in [3.05, 3.63) is 29.8 Å². The number of rotatable bonds is 6. The van der Waals surface area contributed by atoms with E-state index in [1.807, 2.05) is 0 Å². The summed E-state index contributed by atoms with van der Waals surface area (Å²) in [5.41, 5.74) is 0.716. The van der Waals surface area contributed by atoms with Crippen molar-refractivity contribution in [2.45, 2.75) is 13.0 Å². The minimum absolute atomic E-state index is 0.100. The van der Waals surface area contributed by atoms with E-state index < -0.39 is 37.4 Å². The van der Waals surface area contributed by atoms with Crippen LogP contribution in [-0.2, 0) is 19.9 Å². The van der Waals surface area contributed by atoms with E-state index in [9.17, 15) is 21.9 Å². The van der Waals surface area contributed by atoms with Gasteiger partial charge in [0.2, 0.25) is 10.0 Å². The van der Waals surface area contributed by atoms with Crippen LogP contribution in [0.5, 0.6) is 5.75 Å². The standard InChI is InChI=1S/C12H19NO5S2/c1-10(11-4-6-12(14)7-5-11)13(2)20(17,18)9-8-19(3,15)16/h4-7,10,14H,8-9H2,1-3H3. The Morgan fingerprint density at radius 3 is 2.05 bits per heavy atom. The molecule has 0 bridgehead atoms. The van der Waals surface area contributed by atoms with Crippen LogP contribution in [0.25, 0.3) is 0 Å². The Morgan fingerprint density at radius 1 is 1.10 bits per heavy atom. The van der Waals surface area contributed by atoms with E-state index in [0.29, 0.717) is 5.56 Å². The largest absolute Gasteiger partial charge is 0.508 e. The highest BCUT2D eigenvalue weighted by Crippen LogP contribution is 2.23. The summed E-state index contributed by atoms with van der Waals surface area (Å²) in [5.74, 6) is -0.740. The SMILES string of the molecule is CC(c1ccc(O)cc1)N(C)S(=O)(=O)CCS(C)(=O)=O. The molecule has 6 nitrogen and oxygen atoms in total. The normalized spacial score (nSPS) is 14.4. The van der Waals surface area contributed by atoms with Crippen molar-refractivity contribution in [2.24, 2.45) is 0 Å². The van der Waals surface area contributed by atoms with E-state index in [-0.39, 0.29) is 5.75 Å². The zero-order valence-corrected chi connectivity index (χ0v) is 13.3. The predicted molar refractivity (Wildman–Crippen MR) is 77.8 cm³/mol. The smallest absolute Gasteiger partial charge is 0.215 e. The summed E-state index contributed by atoms with van der Waals surface area (Å²) >= 11 is 0. The molecule has 0 fully saturated rings. The molecule has 114 valence electrons. The topological polar surface area (TPSA) is 91.8 Å². The summed E-state index contributed by atoms with van der Waals surface area (Å²) in [4.78, 5) is 0. The van der Waals surface area contributed by atoms with Crippen molar-refractivity contribution in [1.29, 1.82) is 0 Å². The zero-order valence-electron chi connectivity index (χ0n) is 11.6. The number of phenols is 1. The fourth-order valence-corrected chi connectivity index (χ4v) is 4.55. The third-order valence-corrected chi connectivity index (χ3v) is 6.19. The Balaban J connectivity index is 2.87. The first kappa shape index (κ1) is 16.9. The molecule has 1 unspecified atom stereocenters. The molecule has 1 aromatic carbocycles. The van der Waals surface area contributed by atoms with Gasteiger partial charge in [0, 0.05) is 19.3 Å². The zero-order chi connectivity index (χ0) is 15.6. The summed E-state index contributed by atoms with van der Waals surface area (Å²) in [7, 11) is -5.57. The van der Waals surface area contributed by atoms with Gasteiger partial charge in [-0.3, -0.25) is 0 Å².